The Morgan fingerprint density at radius 3 is 2.73 bits per heavy atom. The Morgan fingerprint density at radius 1 is 1.20 bits per heavy atom. The fourth-order valence-electron chi connectivity index (χ4n) is 5.68. The van der Waals surface area contributed by atoms with Crippen molar-refractivity contribution in [3.8, 4) is 16.9 Å². The predicted molar refractivity (Wildman–Crippen MR) is 159 cm³/mol. The molecule has 11 nitrogen and oxygen atoms in total. The van der Waals surface area contributed by atoms with Crippen LogP contribution < -0.4 is 15.0 Å². The summed E-state index contributed by atoms with van der Waals surface area (Å²) in [5.41, 5.74) is 3.44. The number of H-pyrrole nitrogens is 1. The smallest absolute Gasteiger partial charge is 0.271 e. The average molecular weight is 574 g/mol. The number of anilines is 1. The van der Waals surface area contributed by atoms with E-state index in [1.54, 1.807) is 24.5 Å². The number of rotatable bonds is 8. The van der Waals surface area contributed by atoms with Crippen LogP contribution >= 0.6 is 11.6 Å². The van der Waals surface area contributed by atoms with Gasteiger partial charge < -0.3 is 19.9 Å². The van der Waals surface area contributed by atoms with Gasteiger partial charge in [0.1, 0.15) is 17.3 Å². The molecule has 0 aliphatic carbocycles. The minimum atomic E-state index is -0.402. The number of hydrogen-bond donors (Lipinski definition) is 2. The minimum absolute atomic E-state index is 0.249. The second-order valence-corrected chi connectivity index (χ2v) is 11.1. The van der Waals surface area contributed by atoms with Gasteiger partial charge in [-0.25, -0.2) is 14.5 Å². The highest BCUT2D eigenvalue weighted by atomic mass is 35.5. The number of hydrogen-bond acceptors (Lipinski definition) is 8. The van der Waals surface area contributed by atoms with Gasteiger partial charge in [-0.3, -0.25) is 9.89 Å². The highest BCUT2D eigenvalue weighted by molar-refractivity contribution is 6.33. The van der Waals surface area contributed by atoms with Gasteiger partial charge in [-0.2, -0.15) is 5.10 Å². The second kappa shape index (κ2) is 11.0. The number of halogens is 1. The SMILES string of the molecule is CCOc1cc(-c2ccc(N3CCC(CN(C)C)(NC(=O)c4ncccc4Cl)CC3)nc2)c2c3cn[nH]c3nn2c1. The third kappa shape index (κ3) is 5.30. The predicted octanol–water partition coefficient (Wildman–Crippen LogP) is 4.05. The van der Waals surface area contributed by atoms with Crippen molar-refractivity contribution in [1.82, 2.24) is 40.0 Å². The van der Waals surface area contributed by atoms with Crippen LogP contribution in [0.5, 0.6) is 5.75 Å². The molecule has 6 heterocycles. The maximum atomic E-state index is 13.1. The normalized spacial score (nSPS) is 15.1. The molecule has 5 aromatic heterocycles. The van der Waals surface area contributed by atoms with E-state index in [9.17, 15) is 4.79 Å². The Morgan fingerprint density at radius 2 is 2.02 bits per heavy atom. The number of pyridine rings is 3. The molecule has 41 heavy (non-hydrogen) atoms. The van der Waals surface area contributed by atoms with Gasteiger partial charge in [-0.1, -0.05) is 11.6 Å². The van der Waals surface area contributed by atoms with Crippen molar-refractivity contribution < 1.29 is 9.53 Å². The van der Waals surface area contributed by atoms with E-state index in [4.69, 9.17) is 21.3 Å². The lowest BCUT2D eigenvalue weighted by atomic mass is 9.86. The summed E-state index contributed by atoms with van der Waals surface area (Å²) in [6, 6.07) is 9.56. The Kier molecular flexibility index (Phi) is 7.22. The van der Waals surface area contributed by atoms with Crippen LogP contribution in [0.2, 0.25) is 5.02 Å². The van der Waals surface area contributed by atoms with E-state index in [0.29, 0.717) is 18.2 Å². The number of nitrogens with one attached hydrogen (secondary N) is 2. The second-order valence-electron chi connectivity index (χ2n) is 10.6. The van der Waals surface area contributed by atoms with E-state index in [0.717, 1.165) is 65.2 Å². The molecule has 1 aliphatic rings. The maximum absolute atomic E-state index is 13.1. The largest absolute Gasteiger partial charge is 0.492 e. The molecule has 0 radical (unpaired) electrons. The fourth-order valence-corrected chi connectivity index (χ4v) is 5.89. The first-order valence-electron chi connectivity index (χ1n) is 13.6. The molecule has 12 heteroatoms. The monoisotopic (exact) mass is 573 g/mol. The molecule has 1 aliphatic heterocycles. The number of nitrogens with zero attached hydrogens (tertiary/aromatic N) is 7. The number of likely N-dealkylation sites (N-methyl/N-ethyl adjacent to an activating group) is 1. The molecular formula is C29H32ClN9O2. The molecule has 0 spiro atoms. The van der Waals surface area contributed by atoms with Gasteiger partial charge in [0, 0.05) is 43.2 Å². The topological polar surface area (TPSA) is 117 Å². The number of fused-ring (bicyclic) bond motifs is 3. The standard InChI is InChI=1S/C29H32ClN9O2/c1-4-41-20-14-21(26-22-16-33-35-27(22)36-39(26)17-20)19-7-8-24(32-15-19)38-12-9-29(10-13-38,18-37(2)3)34-28(40)25-23(30)6-5-11-31-25/h5-8,11,14-17H,4,9-10,12-13,18H2,1-3H3,(H,34,40)(H,35,36). The van der Waals surface area contributed by atoms with Crippen molar-refractivity contribution >= 4 is 39.9 Å². The zero-order valence-electron chi connectivity index (χ0n) is 23.3. The number of ether oxygens (including phenoxy) is 1. The van der Waals surface area contributed by atoms with Gasteiger partial charge in [0.05, 0.1) is 40.5 Å². The van der Waals surface area contributed by atoms with E-state index in [1.807, 2.05) is 50.1 Å². The summed E-state index contributed by atoms with van der Waals surface area (Å²) < 4.78 is 7.65. The number of carbonyl (C=O) groups excluding carboxylic acids is 1. The van der Waals surface area contributed by atoms with Crippen LogP contribution in [0.3, 0.4) is 0 Å². The molecule has 1 fully saturated rings. The number of piperidine rings is 1. The van der Waals surface area contributed by atoms with E-state index < -0.39 is 5.54 Å². The summed E-state index contributed by atoms with van der Waals surface area (Å²) in [6.45, 7) is 4.73. The van der Waals surface area contributed by atoms with Gasteiger partial charge in [0.25, 0.3) is 5.91 Å². The number of amides is 1. The van der Waals surface area contributed by atoms with Gasteiger partial charge in [-0.05, 0) is 64.2 Å². The van der Waals surface area contributed by atoms with Gasteiger partial charge in [0.15, 0.2) is 5.65 Å². The van der Waals surface area contributed by atoms with Gasteiger partial charge >= 0.3 is 0 Å². The molecule has 1 amide bonds. The lowest BCUT2D eigenvalue weighted by Crippen LogP contribution is -2.60. The highest BCUT2D eigenvalue weighted by Crippen LogP contribution is 2.34. The summed E-state index contributed by atoms with van der Waals surface area (Å²) in [5, 5.41) is 16.3. The van der Waals surface area contributed by atoms with E-state index in [-0.39, 0.29) is 11.6 Å². The summed E-state index contributed by atoms with van der Waals surface area (Å²) in [4.78, 5) is 26.5. The van der Waals surface area contributed by atoms with Crippen LogP contribution in [0.1, 0.15) is 30.3 Å². The lowest BCUT2D eigenvalue weighted by Gasteiger charge is -2.44. The number of aromatic nitrogens is 6. The molecule has 0 bridgehead atoms. The molecular weight excluding hydrogens is 542 g/mol. The zero-order valence-corrected chi connectivity index (χ0v) is 24.0. The molecule has 0 unspecified atom stereocenters. The zero-order chi connectivity index (χ0) is 28.6. The van der Waals surface area contributed by atoms with Crippen LogP contribution in [0.25, 0.3) is 27.7 Å². The van der Waals surface area contributed by atoms with Crippen LogP contribution in [0, 0.1) is 0 Å². The quantitative estimate of drug-likeness (QED) is 0.286. The van der Waals surface area contributed by atoms with Gasteiger partial charge in [-0.15, -0.1) is 5.10 Å². The average Bonchev–Trinajstić information content (AvgIpc) is 3.55. The summed E-state index contributed by atoms with van der Waals surface area (Å²) in [7, 11) is 4.04. The molecule has 0 saturated carbocycles. The van der Waals surface area contributed by atoms with Crippen molar-refractivity contribution in [2.45, 2.75) is 25.3 Å². The third-order valence-corrected chi connectivity index (χ3v) is 7.79. The first kappa shape index (κ1) is 27.0. The molecule has 5 aromatic rings. The Hall–Kier alpha value is -4.22. The van der Waals surface area contributed by atoms with Crippen molar-refractivity contribution in [3.63, 3.8) is 0 Å². The van der Waals surface area contributed by atoms with Crippen molar-refractivity contribution in [2.75, 3.05) is 45.2 Å². The fraction of sp³-hybridized carbons (Fsp3) is 0.345. The van der Waals surface area contributed by atoms with Crippen molar-refractivity contribution in [2.24, 2.45) is 0 Å². The first-order chi connectivity index (χ1) is 19.9. The molecule has 0 aromatic carbocycles. The van der Waals surface area contributed by atoms with Crippen LogP contribution in [-0.2, 0) is 0 Å². The molecule has 1 saturated heterocycles. The van der Waals surface area contributed by atoms with Crippen LogP contribution in [-0.4, -0.2) is 86.5 Å². The van der Waals surface area contributed by atoms with Gasteiger partial charge in [0.2, 0.25) is 0 Å². The van der Waals surface area contributed by atoms with E-state index in [1.165, 1.54) is 0 Å². The number of aromatic amines is 1. The lowest BCUT2D eigenvalue weighted by molar-refractivity contribution is 0.0847. The van der Waals surface area contributed by atoms with Crippen molar-refractivity contribution in [3.05, 3.63) is 65.8 Å². The molecule has 0 atom stereocenters. The summed E-state index contributed by atoms with van der Waals surface area (Å²) >= 11 is 6.25. The third-order valence-electron chi connectivity index (χ3n) is 7.49. The van der Waals surface area contributed by atoms with E-state index >= 15 is 0 Å². The maximum Gasteiger partial charge on any atom is 0.271 e. The number of carbonyl (C=O) groups is 1. The van der Waals surface area contributed by atoms with Crippen LogP contribution in [0.15, 0.2) is 55.1 Å². The Bertz CT molecular complexity index is 1690. The summed E-state index contributed by atoms with van der Waals surface area (Å²) in [6.07, 6.45) is 8.67. The minimum Gasteiger partial charge on any atom is -0.492 e. The molecule has 6 rings (SSSR count). The first-order valence-corrected chi connectivity index (χ1v) is 14.0. The Labute approximate surface area is 242 Å². The van der Waals surface area contributed by atoms with Crippen molar-refractivity contribution in [1.29, 1.82) is 0 Å². The van der Waals surface area contributed by atoms with Crippen LogP contribution in [0.4, 0.5) is 5.82 Å². The molecule has 212 valence electrons. The van der Waals surface area contributed by atoms with E-state index in [2.05, 4.69) is 41.5 Å². The molecule has 2 N–H and O–H groups in total. The Balaban J connectivity index is 1.23. The summed E-state index contributed by atoms with van der Waals surface area (Å²) in [5.74, 6) is 1.38. The highest BCUT2D eigenvalue weighted by Gasteiger charge is 2.37.